The van der Waals surface area contributed by atoms with E-state index in [2.05, 4.69) is 9.88 Å². The van der Waals surface area contributed by atoms with Gasteiger partial charge in [0.2, 0.25) is 0 Å². The summed E-state index contributed by atoms with van der Waals surface area (Å²) in [4.78, 5) is 17.6. The predicted octanol–water partition coefficient (Wildman–Crippen LogP) is 7.65. The van der Waals surface area contributed by atoms with Crippen LogP contribution in [0.2, 0.25) is 0 Å². The Morgan fingerprint density at radius 3 is 2.32 bits per heavy atom. The lowest BCUT2D eigenvalue weighted by Gasteiger charge is -2.30. The van der Waals surface area contributed by atoms with Gasteiger partial charge >= 0.3 is 12.1 Å². The molecule has 1 aliphatic rings. The van der Waals surface area contributed by atoms with Crippen molar-refractivity contribution in [3.8, 4) is 11.4 Å². The van der Waals surface area contributed by atoms with Gasteiger partial charge in [0.05, 0.1) is 11.3 Å². The van der Waals surface area contributed by atoms with Crippen LogP contribution in [0.5, 0.6) is 0 Å². The molecule has 0 spiro atoms. The van der Waals surface area contributed by atoms with Crippen LogP contribution in [-0.2, 0) is 25.8 Å². The maximum Gasteiger partial charge on any atom is 0.435 e. The van der Waals surface area contributed by atoms with E-state index in [9.17, 15) is 23.1 Å². The van der Waals surface area contributed by atoms with Gasteiger partial charge in [-0.25, -0.2) is 9.78 Å². The lowest BCUT2D eigenvalue weighted by atomic mass is 9.89. The van der Waals surface area contributed by atoms with Crippen molar-refractivity contribution in [1.29, 1.82) is 0 Å². The van der Waals surface area contributed by atoms with Crippen molar-refractivity contribution in [1.82, 2.24) is 14.5 Å². The van der Waals surface area contributed by atoms with E-state index in [0.29, 0.717) is 36.9 Å². The molecule has 0 saturated heterocycles. The minimum Gasteiger partial charge on any atom is -0.478 e. The molecule has 3 aromatic rings. The Bertz CT molecular complexity index is 1180. The van der Waals surface area contributed by atoms with Crippen LogP contribution >= 0.6 is 0 Å². The van der Waals surface area contributed by atoms with Gasteiger partial charge in [0.25, 0.3) is 0 Å². The first-order valence-electron chi connectivity index (χ1n) is 13.5. The molecule has 4 rings (SSSR count). The molecule has 0 amide bonds. The van der Waals surface area contributed by atoms with Gasteiger partial charge in [0, 0.05) is 31.7 Å². The molecular weight excluding hydrogens is 491 g/mol. The van der Waals surface area contributed by atoms with Crippen LogP contribution in [0.3, 0.4) is 0 Å². The largest absolute Gasteiger partial charge is 0.478 e. The standard InChI is InChI=1S/C30H36F3N3O2/c1-2-3-18-36-26(27(30(31,32)33)34-28(36)24-12-8-5-9-13-24)21-35(19-22-10-6-4-7-11-22)20-23-14-16-25(17-15-23)29(37)38/h5,8-9,12-17,22H,2-4,6-7,10-11,18-21H2,1H3,(H,37,38). The van der Waals surface area contributed by atoms with Crippen molar-refractivity contribution < 1.29 is 23.1 Å². The molecule has 1 heterocycles. The van der Waals surface area contributed by atoms with E-state index in [1.54, 1.807) is 41.0 Å². The van der Waals surface area contributed by atoms with Gasteiger partial charge in [-0.1, -0.05) is 75.1 Å². The zero-order valence-corrected chi connectivity index (χ0v) is 21.9. The third kappa shape index (κ3) is 7.04. The highest BCUT2D eigenvalue weighted by Crippen LogP contribution is 2.36. The second kappa shape index (κ2) is 12.6. The van der Waals surface area contributed by atoms with Crippen molar-refractivity contribution >= 4 is 5.97 Å². The lowest BCUT2D eigenvalue weighted by molar-refractivity contribution is -0.141. The minimum atomic E-state index is -4.57. The van der Waals surface area contributed by atoms with Gasteiger partial charge in [0.15, 0.2) is 5.69 Å². The smallest absolute Gasteiger partial charge is 0.435 e. The average Bonchev–Trinajstić information content (AvgIpc) is 3.27. The Morgan fingerprint density at radius 2 is 1.71 bits per heavy atom. The number of carbonyl (C=O) groups is 1. The molecule has 0 radical (unpaired) electrons. The molecular formula is C30H36F3N3O2. The van der Waals surface area contributed by atoms with Gasteiger partial charge in [0.1, 0.15) is 5.82 Å². The first-order valence-corrected chi connectivity index (χ1v) is 13.5. The highest BCUT2D eigenvalue weighted by molar-refractivity contribution is 5.87. The van der Waals surface area contributed by atoms with Crippen LogP contribution in [0.25, 0.3) is 11.4 Å². The van der Waals surface area contributed by atoms with Gasteiger partial charge in [-0.15, -0.1) is 0 Å². The van der Waals surface area contributed by atoms with E-state index in [1.165, 1.54) is 6.42 Å². The number of halogens is 3. The number of rotatable bonds is 11. The maximum absolute atomic E-state index is 14.4. The molecule has 1 N–H and O–H groups in total. The fourth-order valence-electron chi connectivity index (χ4n) is 5.38. The van der Waals surface area contributed by atoms with Crippen LogP contribution in [0.1, 0.15) is 79.2 Å². The zero-order valence-electron chi connectivity index (χ0n) is 21.9. The quantitative estimate of drug-likeness (QED) is 0.278. The number of nitrogens with zero attached hydrogens (tertiary/aromatic N) is 3. The van der Waals surface area contributed by atoms with Gasteiger partial charge in [-0.2, -0.15) is 13.2 Å². The van der Waals surface area contributed by atoms with E-state index >= 15 is 0 Å². The van der Waals surface area contributed by atoms with Crippen molar-refractivity contribution in [2.24, 2.45) is 5.92 Å². The Balaban J connectivity index is 1.73. The van der Waals surface area contributed by atoms with Gasteiger partial charge in [-0.05, 0) is 42.9 Å². The Hall–Kier alpha value is -3.13. The molecule has 0 bridgehead atoms. The number of alkyl halides is 3. The number of hydrogen-bond donors (Lipinski definition) is 1. The summed E-state index contributed by atoms with van der Waals surface area (Å²) in [5, 5.41) is 9.25. The van der Waals surface area contributed by atoms with Gasteiger partial charge < -0.3 is 9.67 Å². The summed E-state index contributed by atoms with van der Waals surface area (Å²) in [5.74, 6) is -0.222. The topological polar surface area (TPSA) is 58.4 Å². The Kier molecular flexibility index (Phi) is 9.26. The van der Waals surface area contributed by atoms with Crippen LogP contribution in [0.15, 0.2) is 54.6 Å². The molecule has 2 aromatic carbocycles. The zero-order chi connectivity index (χ0) is 27.1. The van der Waals surface area contributed by atoms with E-state index < -0.39 is 17.8 Å². The Labute approximate surface area is 222 Å². The van der Waals surface area contributed by atoms with Crippen molar-refractivity contribution in [3.05, 3.63) is 77.1 Å². The van der Waals surface area contributed by atoms with Gasteiger partial charge in [-0.3, -0.25) is 4.90 Å². The number of carboxylic acid groups (broad SMARTS) is 1. The first-order chi connectivity index (χ1) is 18.3. The first kappa shape index (κ1) is 27.9. The van der Waals surface area contributed by atoms with Crippen LogP contribution in [-0.4, -0.2) is 32.1 Å². The summed E-state index contributed by atoms with van der Waals surface area (Å²) in [5.41, 5.74) is 1.12. The molecule has 0 atom stereocenters. The summed E-state index contributed by atoms with van der Waals surface area (Å²) >= 11 is 0. The summed E-state index contributed by atoms with van der Waals surface area (Å²) in [6, 6.07) is 15.7. The molecule has 0 unspecified atom stereocenters. The predicted molar refractivity (Wildman–Crippen MR) is 142 cm³/mol. The molecule has 5 nitrogen and oxygen atoms in total. The maximum atomic E-state index is 14.4. The number of aromatic nitrogens is 2. The van der Waals surface area contributed by atoms with E-state index in [0.717, 1.165) is 44.1 Å². The van der Waals surface area contributed by atoms with Crippen LogP contribution in [0.4, 0.5) is 13.2 Å². The highest BCUT2D eigenvalue weighted by Gasteiger charge is 2.39. The summed E-state index contributed by atoms with van der Waals surface area (Å²) in [6.45, 7) is 3.74. The number of benzene rings is 2. The number of hydrogen-bond acceptors (Lipinski definition) is 3. The number of aromatic carboxylic acids is 1. The monoisotopic (exact) mass is 527 g/mol. The molecule has 8 heteroatoms. The van der Waals surface area contributed by atoms with E-state index in [1.807, 2.05) is 25.1 Å². The molecule has 1 aromatic heterocycles. The molecule has 1 aliphatic carbocycles. The second-order valence-electron chi connectivity index (χ2n) is 10.3. The highest BCUT2D eigenvalue weighted by atomic mass is 19.4. The number of imidazole rings is 1. The summed E-state index contributed by atoms with van der Waals surface area (Å²) < 4.78 is 44.9. The molecule has 204 valence electrons. The molecule has 38 heavy (non-hydrogen) atoms. The number of carboxylic acids is 1. The molecule has 0 aliphatic heterocycles. The van der Waals surface area contributed by atoms with E-state index in [4.69, 9.17) is 0 Å². The van der Waals surface area contributed by atoms with Crippen LogP contribution < -0.4 is 0 Å². The fourth-order valence-corrected chi connectivity index (χ4v) is 5.38. The minimum absolute atomic E-state index is 0.121. The van der Waals surface area contributed by atoms with Crippen molar-refractivity contribution in [2.75, 3.05) is 6.54 Å². The normalized spacial score (nSPS) is 14.8. The number of unbranched alkanes of at least 4 members (excludes halogenated alkanes) is 1. The lowest BCUT2D eigenvalue weighted by Crippen LogP contribution is -2.31. The third-order valence-corrected chi connectivity index (χ3v) is 7.33. The SMILES string of the molecule is CCCCn1c(-c2ccccc2)nc(C(F)(F)F)c1CN(Cc1ccc(C(=O)O)cc1)CC1CCCCC1. The van der Waals surface area contributed by atoms with Crippen LogP contribution in [0, 0.1) is 5.92 Å². The summed E-state index contributed by atoms with van der Waals surface area (Å²) in [7, 11) is 0. The molecule has 1 fully saturated rings. The molecule has 1 saturated carbocycles. The third-order valence-electron chi connectivity index (χ3n) is 7.33. The second-order valence-corrected chi connectivity index (χ2v) is 10.3. The van der Waals surface area contributed by atoms with Crippen molar-refractivity contribution in [2.45, 2.75) is 77.7 Å². The Morgan fingerprint density at radius 1 is 1.03 bits per heavy atom. The average molecular weight is 528 g/mol. The van der Waals surface area contributed by atoms with E-state index in [-0.39, 0.29) is 17.8 Å². The summed E-state index contributed by atoms with van der Waals surface area (Å²) in [6.07, 6.45) is 2.68. The van der Waals surface area contributed by atoms with Crippen molar-refractivity contribution in [3.63, 3.8) is 0 Å². The fraction of sp³-hybridized carbons (Fsp3) is 0.467.